The maximum Gasteiger partial charge on any atom is 0.122 e. The van der Waals surface area contributed by atoms with Gasteiger partial charge in [-0.05, 0) is 42.3 Å². The minimum absolute atomic E-state index is 0.236. The SMILES string of the molecule is COc1cc(CN[C@H](C)c2ccc(Cl)cc2)cc(OC)c1. The van der Waals surface area contributed by atoms with Gasteiger partial charge in [-0.3, -0.25) is 0 Å². The molecular formula is C17H20ClNO2. The van der Waals surface area contributed by atoms with Crippen LogP contribution in [0.15, 0.2) is 42.5 Å². The van der Waals surface area contributed by atoms with Crippen LogP contribution in [0.1, 0.15) is 24.1 Å². The summed E-state index contributed by atoms with van der Waals surface area (Å²) in [6, 6.07) is 14.0. The van der Waals surface area contributed by atoms with Gasteiger partial charge in [0.1, 0.15) is 11.5 Å². The number of hydrogen-bond acceptors (Lipinski definition) is 3. The number of methoxy groups -OCH3 is 2. The molecule has 21 heavy (non-hydrogen) atoms. The summed E-state index contributed by atoms with van der Waals surface area (Å²) in [4.78, 5) is 0. The highest BCUT2D eigenvalue weighted by Gasteiger charge is 2.06. The molecule has 4 heteroatoms. The Bertz CT molecular complexity index is 562. The van der Waals surface area contributed by atoms with Crippen molar-refractivity contribution in [3.63, 3.8) is 0 Å². The van der Waals surface area contributed by atoms with E-state index in [1.54, 1.807) is 14.2 Å². The Kier molecular flexibility index (Phi) is 5.48. The average molecular weight is 306 g/mol. The van der Waals surface area contributed by atoms with E-state index in [9.17, 15) is 0 Å². The van der Waals surface area contributed by atoms with Crippen LogP contribution in [-0.4, -0.2) is 14.2 Å². The summed E-state index contributed by atoms with van der Waals surface area (Å²) in [5.74, 6) is 1.59. The molecule has 0 bridgehead atoms. The molecule has 0 saturated carbocycles. The summed E-state index contributed by atoms with van der Waals surface area (Å²) in [5, 5.41) is 4.24. The molecule has 2 rings (SSSR count). The van der Waals surface area contributed by atoms with Gasteiger partial charge in [0, 0.05) is 23.7 Å². The number of rotatable bonds is 6. The highest BCUT2D eigenvalue weighted by Crippen LogP contribution is 2.23. The van der Waals surface area contributed by atoms with Crippen molar-refractivity contribution >= 4 is 11.6 Å². The first kappa shape index (κ1) is 15.7. The molecule has 0 aromatic heterocycles. The smallest absolute Gasteiger partial charge is 0.122 e. The molecule has 0 heterocycles. The molecule has 0 amide bonds. The summed E-state index contributed by atoms with van der Waals surface area (Å²) in [7, 11) is 3.31. The quantitative estimate of drug-likeness (QED) is 0.867. The summed E-state index contributed by atoms with van der Waals surface area (Å²) >= 11 is 5.91. The molecule has 112 valence electrons. The van der Waals surface area contributed by atoms with Gasteiger partial charge in [-0.25, -0.2) is 0 Å². The summed E-state index contributed by atoms with van der Waals surface area (Å²) < 4.78 is 10.6. The van der Waals surface area contributed by atoms with Crippen molar-refractivity contribution in [3.8, 4) is 11.5 Å². The van der Waals surface area contributed by atoms with Crippen molar-refractivity contribution in [1.29, 1.82) is 0 Å². The van der Waals surface area contributed by atoms with E-state index in [4.69, 9.17) is 21.1 Å². The molecule has 1 N–H and O–H groups in total. The fraction of sp³-hybridized carbons (Fsp3) is 0.294. The maximum absolute atomic E-state index is 5.91. The molecule has 0 aliphatic carbocycles. The molecule has 0 radical (unpaired) electrons. The fourth-order valence-electron chi connectivity index (χ4n) is 2.11. The van der Waals surface area contributed by atoms with Crippen molar-refractivity contribution < 1.29 is 9.47 Å². The van der Waals surface area contributed by atoms with Crippen LogP contribution in [-0.2, 0) is 6.54 Å². The molecule has 0 aliphatic rings. The Labute approximate surface area is 130 Å². The van der Waals surface area contributed by atoms with Crippen LogP contribution in [0.2, 0.25) is 5.02 Å². The van der Waals surface area contributed by atoms with Crippen molar-refractivity contribution in [1.82, 2.24) is 5.32 Å². The van der Waals surface area contributed by atoms with Crippen LogP contribution < -0.4 is 14.8 Å². The Balaban J connectivity index is 2.03. The molecule has 0 fully saturated rings. The second-order valence-corrected chi connectivity index (χ2v) is 5.31. The molecule has 0 spiro atoms. The normalized spacial score (nSPS) is 12.0. The largest absolute Gasteiger partial charge is 0.497 e. The second-order valence-electron chi connectivity index (χ2n) is 4.88. The van der Waals surface area contributed by atoms with Gasteiger partial charge in [0.25, 0.3) is 0 Å². The standard InChI is InChI=1S/C17H20ClNO2/c1-12(14-4-6-15(18)7-5-14)19-11-13-8-16(20-2)10-17(9-13)21-3/h4-10,12,19H,11H2,1-3H3/t12-/m1/s1. The van der Waals surface area contributed by atoms with Crippen LogP contribution in [0, 0.1) is 0 Å². The lowest BCUT2D eigenvalue weighted by Gasteiger charge is -2.15. The molecule has 3 nitrogen and oxygen atoms in total. The topological polar surface area (TPSA) is 30.5 Å². The zero-order valence-corrected chi connectivity index (χ0v) is 13.3. The molecular weight excluding hydrogens is 286 g/mol. The predicted molar refractivity (Wildman–Crippen MR) is 86.3 cm³/mol. The van der Waals surface area contributed by atoms with Gasteiger partial charge in [0.05, 0.1) is 14.2 Å². The van der Waals surface area contributed by atoms with E-state index in [0.717, 1.165) is 28.6 Å². The van der Waals surface area contributed by atoms with Crippen molar-refractivity contribution in [3.05, 3.63) is 58.6 Å². The number of halogens is 1. The van der Waals surface area contributed by atoms with E-state index < -0.39 is 0 Å². The lowest BCUT2D eigenvalue weighted by Crippen LogP contribution is -2.18. The predicted octanol–water partition coefficient (Wildman–Crippen LogP) is 4.21. The first-order chi connectivity index (χ1) is 10.1. The van der Waals surface area contributed by atoms with Gasteiger partial charge in [-0.2, -0.15) is 0 Å². The molecule has 1 atom stereocenters. The highest BCUT2D eigenvalue weighted by atomic mass is 35.5. The van der Waals surface area contributed by atoms with Crippen LogP contribution in [0.3, 0.4) is 0 Å². The third-order valence-corrected chi connectivity index (χ3v) is 3.65. The van der Waals surface area contributed by atoms with E-state index in [2.05, 4.69) is 12.2 Å². The van der Waals surface area contributed by atoms with Crippen molar-refractivity contribution in [2.24, 2.45) is 0 Å². The third-order valence-electron chi connectivity index (χ3n) is 3.39. The van der Waals surface area contributed by atoms with Gasteiger partial charge in [0.15, 0.2) is 0 Å². The van der Waals surface area contributed by atoms with Gasteiger partial charge < -0.3 is 14.8 Å². The summed E-state index contributed by atoms with van der Waals surface area (Å²) in [5.41, 5.74) is 2.32. The van der Waals surface area contributed by atoms with Crippen LogP contribution >= 0.6 is 11.6 Å². The van der Waals surface area contributed by atoms with Crippen molar-refractivity contribution in [2.75, 3.05) is 14.2 Å². The minimum atomic E-state index is 0.236. The molecule has 0 saturated heterocycles. The lowest BCUT2D eigenvalue weighted by atomic mass is 10.1. The van der Waals surface area contributed by atoms with E-state index >= 15 is 0 Å². The Morgan fingerprint density at radius 2 is 1.57 bits per heavy atom. The van der Waals surface area contributed by atoms with Gasteiger partial charge >= 0.3 is 0 Å². The average Bonchev–Trinajstić information content (AvgIpc) is 2.52. The van der Waals surface area contributed by atoms with E-state index in [1.165, 1.54) is 5.56 Å². The Morgan fingerprint density at radius 1 is 1.00 bits per heavy atom. The van der Waals surface area contributed by atoms with Crippen molar-refractivity contribution in [2.45, 2.75) is 19.5 Å². The van der Waals surface area contributed by atoms with Gasteiger partial charge in [-0.1, -0.05) is 23.7 Å². The molecule has 2 aromatic rings. The Hall–Kier alpha value is -1.71. The van der Waals surface area contributed by atoms with E-state index in [1.807, 2.05) is 42.5 Å². The zero-order valence-electron chi connectivity index (χ0n) is 12.5. The first-order valence-corrected chi connectivity index (χ1v) is 7.21. The van der Waals surface area contributed by atoms with E-state index in [0.29, 0.717) is 0 Å². The molecule has 2 aromatic carbocycles. The molecule has 0 unspecified atom stereocenters. The fourth-order valence-corrected chi connectivity index (χ4v) is 2.23. The Morgan fingerprint density at radius 3 is 2.10 bits per heavy atom. The molecule has 0 aliphatic heterocycles. The summed E-state index contributed by atoms with van der Waals surface area (Å²) in [6.45, 7) is 2.86. The number of ether oxygens (including phenoxy) is 2. The lowest BCUT2D eigenvalue weighted by molar-refractivity contribution is 0.392. The van der Waals surface area contributed by atoms with E-state index in [-0.39, 0.29) is 6.04 Å². The monoisotopic (exact) mass is 305 g/mol. The second kappa shape index (κ2) is 7.34. The third kappa shape index (κ3) is 4.38. The number of benzene rings is 2. The summed E-state index contributed by atoms with van der Waals surface area (Å²) in [6.07, 6.45) is 0. The van der Waals surface area contributed by atoms with Crippen LogP contribution in [0.5, 0.6) is 11.5 Å². The number of hydrogen-bond donors (Lipinski definition) is 1. The zero-order chi connectivity index (χ0) is 15.2. The first-order valence-electron chi connectivity index (χ1n) is 6.83. The highest BCUT2D eigenvalue weighted by molar-refractivity contribution is 6.30. The van der Waals surface area contributed by atoms with Gasteiger partial charge in [0.2, 0.25) is 0 Å². The van der Waals surface area contributed by atoms with Crippen LogP contribution in [0.4, 0.5) is 0 Å². The maximum atomic E-state index is 5.91. The van der Waals surface area contributed by atoms with Crippen LogP contribution in [0.25, 0.3) is 0 Å². The van der Waals surface area contributed by atoms with Gasteiger partial charge in [-0.15, -0.1) is 0 Å². The number of nitrogens with one attached hydrogen (secondary N) is 1. The minimum Gasteiger partial charge on any atom is -0.497 e.